The highest BCUT2D eigenvalue weighted by Crippen LogP contribution is 2.40. The zero-order valence-electron chi connectivity index (χ0n) is 28.0. The normalized spacial score (nSPS) is 17.7. The monoisotopic (exact) mass is 678 g/mol. The highest BCUT2D eigenvalue weighted by Gasteiger charge is 2.49. The van der Waals surface area contributed by atoms with Gasteiger partial charge in [-0.2, -0.15) is 4.68 Å². The first-order chi connectivity index (χ1) is 23.3. The maximum atomic E-state index is 13.0. The van der Waals surface area contributed by atoms with Crippen molar-refractivity contribution >= 4 is 35.8 Å². The van der Waals surface area contributed by atoms with E-state index < -0.39 is 60.7 Å². The number of carbonyl (C=O) groups is 5. The average Bonchev–Trinajstić information content (AvgIpc) is 3.78. The summed E-state index contributed by atoms with van der Waals surface area (Å²) in [6.45, 7) is 8.71. The number of nitrogens with zero attached hydrogens (tertiary/aromatic N) is 7. The number of hydrogen-bond donors (Lipinski definition) is 1. The molecule has 1 saturated heterocycles. The predicted octanol–water partition coefficient (Wildman–Crippen LogP) is 3.40. The third-order valence-electron chi connectivity index (χ3n) is 8.13. The lowest BCUT2D eigenvalue weighted by molar-refractivity contribution is -0.156. The second-order valence-corrected chi connectivity index (χ2v) is 12.7. The van der Waals surface area contributed by atoms with Crippen molar-refractivity contribution in [1.82, 2.24) is 35.4 Å². The number of benzene rings is 1. The summed E-state index contributed by atoms with van der Waals surface area (Å²) in [5.41, 5.74) is 2.49. The van der Waals surface area contributed by atoms with Crippen LogP contribution in [0, 0.1) is 5.92 Å². The summed E-state index contributed by atoms with van der Waals surface area (Å²) in [5, 5.41) is 13.6. The Morgan fingerprint density at radius 1 is 1.12 bits per heavy atom. The Labute approximate surface area is 281 Å². The van der Waals surface area contributed by atoms with Crippen LogP contribution >= 0.6 is 0 Å². The zero-order valence-corrected chi connectivity index (χ0v) is 28.0. The molecule has 49 heavy (non-hydrogen) atoms. The summed E-state index contributed by atoms with van der Waals surface area (Å²) in [5.74, 6) is -1.27. The standard InChI is InChI=1S/C32H38N8O9/c1-7-18(2)27(35-29(43)49-32(4,5)6)28(42)46-17-47-30(44)38(19(3)41)15-25-24-13-22-12-20(8-10-23(22)40(24)31(45)48-25)21-9-11-26(33-14-21)39-16-34-36-37-39/h8-12,14,16,18,24-25,27H,7,13,15,17H2,1-6H3,(H,35,43)/t18-,24-,25-,27+/m0/s1. The second kappa shape index (κ2) is 14.2. The van der Waals surface area contributed by atoms with Crippen molar-refractivity contribution in [3.8, 4) is 16.9 Å². The van der Waals surface area contributed by atoms with Gasteiger partial charge >= 0.3 is 24.2 Å². The fourth-order valence-electron chi connectivity index (χ4n) is 5.49. The number of fused-ring (bicyclic) bond motifs is 3. The number of amides is 4. The number of imide groups is 1. The summed E-state index contributed by atoms with van der Waals surface area (Å²) in [7, 11) is 0. The lowest BCUT2D eigenvalue weighted by atomic mass is 9.99. The third kappa shape index (κ3) is 7.93. The van der Waals surface area contributed by atoms with Gasteiger partial charge in [0.25, 0.3) is 0 Å². The van der Waals surface area contributed by atoms with Gasteiger partial charge in [0, 0.05) is 18.7 Å². The van der Waals surface area contributed by atoms with E-state index in [0.29, 0.717) is 24.3 Å². The number of carbonyl (C=O) groups excluding carboxylic acids is 5. The fraction of sp³-hybridized carbons (Fsp3) is 0.469. The van der Waals surface area contributed by atoms with E-state index in [-0.39, 0.29) is 12.5 Å². The number of rotatable bonds is 10. The molecule has 4 heterocycles. The fourth-order valence-corrected chi connectivity index (χ4v) is 5.49. The van der Waals surface area contributed by atoms with Gasteiger partial charge in [-0.1, -0.05) is 26.3 Å². The average molecular weight is 679 g/mol. The largest absolute Gasteiger partial charge is 0.444 e. The maximum absolute atomic E-state index is 13.0. The van der Waals surface area contributed by atoms with Crippen molar-refractivity contribution in [3.63, 3.8) is 0 Å². The molecule has 17 heteroatoms. The van der Waals surface area contributed by atoms with Crippen molar-refractivity contribution in [2.24, 2.45) is 5.92 Å². The van der Waals surface area contributed by atoms with Gasteiger partial charge in [-0.15, -0.1) is 5.10 Å². The topological polar surface area (TPSA) is 197 Å². The number of cyclic esters (lactones) is 1. The molecule has 4 amide bonds. The summed E-state index contributed by atoms with van der Waals surface area (Å²) in [4.78, 5) is 70.3. The first-order valence-electron chi connectivity index (χ1n) is 15.7. The molecule has 1 fully saturated rings. The molecule has 5 rings (SSSR count). The zero-order chi connectivity index (χ0) is 35.5. The molecule has 0 spiro atoms. The Hall–Kier alpha value is -5.61. The van der Waals surface area contributed by atoms with Crippen molar-refractivity contribution in [2.75, 3.05) is 18.2 Å². The number of aromatic nitrogens is 5. The van der Waals surface area contributed by atoms with Crippen LogP contribution in [0.15, 0.2) is 42.9 Å². The molecule has 4 atom stereocenters. The molecule has 0 bridgehead atoms. The van der Waals surface area contributed by atoms with Gasteiger partial charge < -0.3 is 24.3 Å². The molecule has 1 N–H and O–H groups in total. The van der Waals surface area contributed by atoms with E-state index in [0.717, 1.165) is 21.6 Å². The molecule has 0 unspecified atom stereocenters. The first-order valence-corrected chi connectivity index (χ1v) is 15.7. The van der Waals surface area contributed by atoms with E-state index in [1.165, 1.54) is 22.8 Å². The molecular formula is C32H38N8O9. The van der Waals surface area contributed by atoms with Crippen LogP contribution in [0.5, 0.6) is 0 Å². The maximum Gasteiger partial charge on any atom is 0.419 e. The van der Waals surface area contributed by atoms with Crippen molar-refractivity contribution in [3.05, 3.63) is 48.4 Å². The molecule has 2 aromatic heterocycles. The highest BCUT2D eigenvalue weighted by molar-refractivity contribution is 5.95. The third-order valence-corrected chi connectivity index (χ3v) is 8.13. The van der Waals surface area contributed by atoms with Gasteiger partial charge in [0.15, 0.2) is 5.82 Å². The van der Waals surface area contributed by atoms with Crippen LogP contribution in [0.3, 0.4) is 0 Å². The number of ether oxygens (including phenoxy) is 4. The lowest BCUT2D eigenvalue weighted by Crippen LogP contribution is -2.48. The van der Waals surface area contributed by atoms with Gasteiger partial charge in [-0.3, -0.25) is 9.69 Å². The van der Waals surface area contributed by atoms with Gasteiger partial charge in [0.05, 0.1) is 18.3 Å². The smallest absolute Gasteiger partial charge is 0.419 e. The first kappa shape index (κ1) is 34.7. The predicted molar refractivity (Wildman–Crippen MR) is 170 cm³/mol. The molecule has 0 radical (unpaired) electrons. The minimum absolute atomic E-state index is 0.284. The molecular weight excluding hydrogens is 640 g/mol. The van der Waals surface area contributed by atoms with Crippen LogP contribution in [0.25, 0.3) is 16.9 Å². The number of alkyl carbamates (subject to hydrolysis) is 1. The van der Waals surface area contributed by atoms with Crippen LogP contribution in [0.2, 0.25) is 0 Å². The van der Waals surface area contributed by atoms with Crippen molar-refractivity contribution < 1.29 is 42.9 Å². The number of esters is 1. The minimum Gasteiger partial charge on any atom is -0.444 e. The number of hydrogen-bond acceptors (Lipinski definition) is 13. The van der Waals surface area contributed by atoms with Crippen molar-refractivity contribution in [1.29, 1.82) is 0 Å². The molecule has 0 aliphatic carbocycles. The Morgan fingerprint density at radius 2 is 1.88 bits per heavy atom. The molecule has 17 nitrogen and oxygen atoms in total. The molecule has 0 saturated carbocycles. The summed E-state index contributed by atoms with van der Waals surface area (Å²) < 4.78 is 22.5. The Kier molecular flexibility index (Phi) is 10.1. The Balaban J connectivity index is 1.19. The Bertz CT molecular complexity index is 1710. The van der Waals surface area contributed by atoms with Crippen LogP contribution in [0.4, 0.5) is 20.1 Å². The van der Waals surface area contributed by atoms with Crippen LogP contribution < -0.4 is 10.2 Å². The van der Waals surface area contributed by atoms with Gasteiger partial charge in [-0.25, -0.2) is 29.1 Å². The van der Waals surface area contributed by atoms with Crippen LogP contribution in [-0.2, 0) is 35.0 Å². The Morgan fingerprint density at radius 3 is 2.51 bits per heavy atom. The molecule has 2 aliphatic rings. The van der Waals surface area contributed by atoms with E-state index in [9.17, 15) is 24.0 Å². The van der Waals surface area contributed by atoms with Gasteiger partial charge in [0.2, 0.25) is 12.7 Å². The van der Waals surface area contributed by atoms with E-state index in [4.69, 9.17) is 18.9 Å². The van der Waals surface area contributed by atoms with E-state index in [1.807, 2.05) is 31.2 Å². The van der Waals surface area contributed by atoms with Crippen LogP contribution in [-0.4, -0.2) is 97.4 Å². The SMILES string of the molecule is CC[C@H](C)[C@@H](NC(=O)OC(C)(C)C)C(=O)OCOC(=O)N(C[C@@H]1OC(=O)N2c3ccc(-c4ccc(-n5cnnn5)nc4)cc3C[C@@H]12)C(C)=O. The van der Waals surface area contributed by atoms with Gasteiger partial charge in [0.1, 0.15) is 24.1 Å². The van der Waals surface area contributed by atoms with Crippen molar-refractivity contribution in [2.45, 2.75) is 78.2 Å². The second-order valence-electron chi connectivity index (χ2n) is 12.7. The van der Waals surface area contributed by atoms with E-state index in [2.05, 4.69) is 25.8 Å². The minimum atomic E-state index is -1.09. The summed E-state index contributed by atoms with van der Waals surface area (Å²) in [6, 6.07) is 7.76. The number of anilines is 1. The molecule has 3 aromatic rings. The summed E-state index contributed by atoms with van der Waals surface area (Å²) in [6.07, 6.45) is 0.737. The summed E-state index contributed by atoms with van der Waals surface area (Å²) >= 11 is 0. The van der Waals surface area contributed by atoms with Gasteiger partial charge in [-0.05, 0) is 78.9 Å². The number of pyridine rings is 1. The quantitative estimate of drug-likeness (QED) is 0.186. The molecule has 260 valence electrons. The van der Waals surface area contributed by atoms with E-state index in [1.54, 1.807) is 40.0 Å². The number of tetrazole rings is 1. The van der Waals surface area contributed by atoms with Crippen LogP contribution in [0.1, 0.15) is 53.5 Å². The molecule has 2 aliphatic heterocycles. The van der Waals surface area contributed by atoms with E-state index >= 15 is 0 Å². The number of nitrogens with one attached hydrogen (secondary N) is 1. The molecule has 1 aromatic carbocycles. The highest BCUT2D eigenvalue weighted by atomic mass is 16.7. The lowest BCUT2D eigenvalue weighted by Gasteiger charge is -2.26.